The number of hydrogen-bond donors (Lipinski definition) is 2. The standard InChI is InChI=1S/C29H30BrClN2O5S/c1-3-12-32(23-16(2)8-7-11-20(23)31)27(36)25-29-14-19(30)24(39-29)21(28(37)38)22(29)26(35)33(25)18(15-34)13-17-9-5-4-6-10-17/h3-11,18-19,21-22,24-25,34H,1,12-15H2,2H3,(H,37,38)/t18-,19?,21+,22+,24+,25?,29?/m1/s1. The molecular formula is C29H30BrClN2O5S. The monoisotopic (exact) mass is 632 g/mol. The van der Waals surface area contributed by atoms with E-state index in [1.165, 1.54) is 16.7 Å². The molecule has 2 amide bonds. The molecule has 2 N–H and O–H groups in total. The van der Waals surface area contributed by atoms with Gasteiger partial charge in [-0.05, 0) is 37.0 Å². The zero-order valence-corrected chi connectivity index (χ0v) is 24.5. The zero-order chi connectivity index (χ0) is 28.1. The van der Waals surface area contributed by atoms with Crippen LogP contribution < -0.4 is 4.90 Å². The molecule has 0 aromatic heterocycles. The molecule has 1 spiro atoms. The second-order valence-electron chi connectivity index (χ2n) is 10.4. The lowest BCUT2D eigenvalue weighted by Crippen LogP contribution is -2.58. The van der Waals surface area contributed by atoms with E-state index in [9.17, 15) is 24.6 Å². The van der Waals surface area contributed by atoms with E-state index in [0.29, 0.717) is 23.6 Å². The third-order valence-corrected chi connectivity index (χ3v) is 11.7. The van der Waals surface area contributed by atoms with Gasteiger partial charge in [-0.3, -0.25) is 14.4 Å². The van der Waals surface area contributed by atoms with Gasteiger partial charge in [0.1, 0.15) is 6.04 Å². The topological polar surface area (TPSA) is 98.2 Å². The minimum absolute atomic E-state index is 0.152. The average Bonchev–Trinajstić information content (AvgIpc) is 3.50. The molecule has 3 saturated heterocycles. The summed E-state index contributed by atoms with van der Waals surface area (Å²) in [7, 11) is 0. The number of carbonyl (C=O) groups excluding carboxylic acids is 2. The Morgan fingerprint density at radius 1 is 1.28 bits per heavy atom. The van der Waals surface area contributed by atoms with E-state index >= 15 is 0 Å². The van der Waals surface area contributed by atoms with E-state index in [4.69, 9.17) is 11.6 Å². The Hall–Kier alpha value is -2.33. The van der Waals surface area contributed by atoms with Crippen molar-refractivity contribution in [3.8, 4) is 0 Å². The summed E-state index contributed by atoms with van der Waals surface area (Å²) in [6.45, 7) is 5.49. The second-order valence-corrected chi connectivity index (χ2v) is 13.5. The highest BCUT2D eigenvalue weighted by Gasteiger charge is 2.76. The molecule has 7 atom stereocenters. The smallest absolute Gasteiger partial charge is 0.308 e. The number of fused-ring (bicyclic) bond motifs is 1. The number of aliphatic carboxylic acids is 1. The van der Waals surface area contributed by atoms with Crippen molar-refractivity contribution < 1.29 is 24.6 Å². The Labute approximate surface area is 245 Å². The van der Waals surface area contributed by atoms with Gasteiger partial charge in [-0.1, -0.05) is 76.1 Å². The highest BCUT2D eigenvalue weighted by atomic mass is 79.9. The van der Waals surface area contributed by atoms with Crippen molar-refractivity contribution in [3.63, 3.8) is 0 Å². The van der Waals surface area contributed by atoms with Gasteiger partial charge in [0.25, 0.3) is 5.91 Å². The molecule has 3 unspecified atom stereocenters. The number of carboxylic acid groups (broad SMARTS) is 1. The van der Waals surface area contributed by atoms with Crippen LogP contribution >= 0.6 is 39.3 Å². The quantitative estimate of drug-likeness (QED) is 0.316. The van der Waals surface area contributed by atoms with Crippen molar-refractivity contribution in [1.29, 1.82) is 0 Å². The molecule has 10 heteroatoms. The van der Waals surface area contributed by atoms with Crippen LogP contribution in [0, 0.1) is 18.8 Å². The van der Waals surface area contributed by atoms with Gasteiger partial charge in [-0.2, -0.15) is 0 Å². The first kappa shape index (κ1) is 28.2. The van der Waals surface area contributed by atoms with Gasteiger partial charge in [0.05, 0.1) is 39.9 Å². The summed E-state index contributed by atoms with van der Waals surface area (Å²) in [6, 6.07) is 13.1. The molecule has 3 aliphatic rings. The van der Waals surface area contributed by atoms with E-state index in [0.717, 1.165) is 11.1 Å². The maximum absolute atomic E-state index is 14.7. The Morgan fingerprint density at radius 3 is 2.62 bits per heavy atom. The van der Waals surface area contributed by atoms with Gasteiger partial charge in [0.15, 0.2) is 0 Å². The minimum Gasteiger partial charge on any atom is -0.481 e. The fourth-order valence-electron chi connectivity index (χ4n) is 6.69. The summed E-state index contributed by atoms with van der Waals surface area (Å²) in [5, 5.41) is 20.9. The molecule has 5 rings (SSSR count). The summed E-state index contributed by atoms with van der Waals surface area (Å²) in [5.74, 6) is -3.60. The van der Waals surface area contributed by atoms with Crippen LogP contribution in [0.1, 0.15) is 17.5 Å². The predicted octanol–water partition coefficient (Wildman–Crippen LogP) is 4.32. The van der Waals surface area contributed by atoms with Gasteiger partial charge in [0.2, 0.25) is 5.91 Å². The fourth-order valence-corrected chi connectivity index (χ4v) is 10.6. The summed E-state index contributed by atoms with van der Waals surface area (Å²) >= 11 is 11.7. The van der Waals surface area contributed by atoms with Crippen molar-refractivity contribution in [1.82, 2.24) is 4.90 Å². The molecule has 2 aromatic rings. The van der Waals surface area contributed by atoms with Crippen LogP contribution in [0.15, 0.2) is 61.2 Å². The molecule has 0 radical (unpaired) electrons. The number of alkyl halides is 1. The molecule has 0 saturated carbocycles. The molecular weight excluding hydrogens is 604 g/mol. The summed E-state index contributed by atoms with van der Waals surface area (Å²) < 4.78 is -0.964. The highest BCUT2D eigenvalue weighted by molar-refractivity contribution is 9.09. The number of carboxylic acids is 1. The molecule has 2 aromatic carbocycles. The average molecular weight is 634 g/mol. The molecule has 206 valence electrons. The third kappa shape index (κ3) is 4.51. The van der Waals surface area contributed by atoms with Crippen LogP contribution in [-0.2, 0) is 20.8 Å². The molecule has 0 aliphatic carbocycles. The number of thioether (sulfide) groups is 1. The Bertz CT molecular complexity index is 1290. The molecule has 3 aliphatic heterocycles. The number of para-hydroxylation sites is 1. The Balaban J connectivity index is 1.66. The number of anilines is 1. The van der Waals surface area contributed by atoms with Crippen LogP contribution in [0.5, 0.6) is 0 Å². The number of carbonyl (C=O) groups is 3. The first-order valence-corrected chi connectivity index (χ1v) is 15.0. The molecule has 7 nitrogen and oxygen atoms in total. The van der Waals surface area contributed by atoms with Crippen molar-refractivity contribution in [2.75, 3.05) is 18.1 Å². The minimum atomic E-state index is -1.04. The Morgan fingerprint density at radius 2 is 2.00 bits per heavy atom. The van der Waals surface area contributed by atoms with E-state index in [-0.39, 0.29) is 35.0 Å². The molecule has 3 heterocycles. The summed E-state index contributed by atoms with van der Waals surface area (Å²) in [4.78, 5) is 44.4. The largest absolute Gasteiger partial charge is 0.481 e. The zero-order valence-electron chi connectivity index (χ0n) is 21.4. The SMILES string of the molecule is C=CCN(C(=O)C1N([C@@H](CO)Cc2ccccc2)C(=O)[C@@H]2[C@H](C(=O)O)[C@H]3SC12CC3Br)c1c(C)cccc1Cl. The lowest BCUT2D eigenvalue weighted by Gasteiger charge is -2.40. The number of hydrogen-bond acceptors (Lipinski definition) is 5. The first-order chi connectivity index (χ1) is 18.7. The summed E-state index contributed by atoms with van der Waals surface area (Å²) in [6.07, 6.45) is 2.39. The van der Waals surface area contributed by atoms with Crippen molar-refractivity contribution in [3.05, 3.63) is 77.3 Å². The maximum atomic E-state index is 14.7. The number of likely N-dealkylation sites (tertiary alicyclic amines) is 1. The van der Waals surface area contributed by atoms with Crippen LogP contribution in [-0.4, -0.2) is 73.0 Å². The van der Waals surface area contributed by atoms with E-state index in [2.05, 4.69) is 22.5 Å². The number of aryl methyl sites for hydroxylation is 1. The molecule has 2 bridgehead atoms. The number of halogens is 2. The number of benzene rings is 2. The maximum Gasteiger partial charge on any atom is 0.308 e. The summed E-state index contributed by atoms with van der Waals surface area (Å²) in [5.41, 5.74) is 2.22. The third-order valence-electron chi connectivity index (χ3n) is 8.20. The molecule has 3 fully saturated rings. The van der Waals surface area contributed by atoms with Crippen LogP contribution in [0.4, 0.5) is 5.69 Å². The second kappa shape index (κ2) is 10.9. The van der Waals surface area contributed by atoms with Gasteiger partial charge in [-0.25, -0.2) is 0 Å². The lowest BCUT2D eigenvalue weighted by atomic mass is 9.71. The van der Waals surface area contributed by atoms with Gasteiger partial charge in [-0.15, -0.1) is 18.3 Å². The van der Waals surface area contributed by atoms with Crippen LogP contribution in [0.2, 0.25) is 5.02 Å². The number of aliphatic hydroxyl groups excluding tert-OH is 1. The first-order valence-electron chi connectivity index (χ1n) is 12.8. The predicted molar refractivity (Wildman–Crippen MR) is 156 cm³/mol. The van der Waals surface area contributed by atoms with Crippen molar-refractivity contribution in [2.24, 2.45) is 11.8 Å². The highest BCUT2D eigenvalue weighted by Crippen LogP contribution is 2.68. The van der Waals surface area contributed by atoms with Crippen molar-refractivity contribution >= 4 is 62.8 Å². The van der Waals surface area contributed by atoms with E-state index in [1.807, 2.05) is 43.3 Å². The Kier molecular flexibility index (Phi) is 7.90. The van der Waals surface area contributed by atoms with Gasteiger partial charge >= 0.3 is 5.97 Å². The number of amides is 2. The number of nitrogens with zero attached hydrogens (tertiary/aromatic N) is 2. The van der Waals surface area contributed by atoms with Gasteiger partial charge < -0.3 is 20.0 Å². The number of aliphatic hydroxyl groups is 1. The van der Waals surface area contributed by atoms with E-state index < -0.39 is 34.6 Å². The van der Waals surface area contributed by atoms with Crippen LogP contribution in [0.25, 0.3) is 0 Å². The number of rotatable bonds is 9. The van der Waals surface area contributed by atoms with Crippen molar-refractivity contribution in [2.45, 2.75) is 46.7 Å². The fraction of sp³-hybridized carbons (Fsp3) is 0.414. The normalized spacial score (nSPS) is 29.8. The van der Waals surface area contributed by atoms with E-state index in [1.54, 1.807) is 23.1 Å². The van der Waals surface area contributed by atoms with Crippen LogP contribution in [0.3, 0.4) is 0 Å². The lowest BCUT2D eigenvalue weighted by molar-refractivity contribution is -0.149. The van der Waals surface area contributed by atoms with Gasteiger partial charge in [0, 0.05) is 16.6 Å². The molecule has 39 heavy (non-hydrogen) atoms.